The van der Waals surface area contributed by atoms with E-state index in [2.05, 4.69) is 94.3 Å². The van der Waals surface area contributed by atoms with Crippen molar-refractivity contribution in [1.29, 1.82) is 0 Å². The topological polar surface area (TPSA) is 63.6 Å². The molecule has 0 N–H and O–H groups in total. The van der Waals surface area contributed by atoms with Gasteiger partial charge in [-0.25, -0.2) is 0 Å². The van der Waals surface area contributed by atoms with Crippen LogP contribution in [0.5, 0.6) is 0 Å². The van der Waals surface area contributed by atoms with Crippen molar-refractivity contribution in [3.05, 3.63) is 72.4 Å². The first-order valence-corrected chi connectivity index (χ1v) is 16.3. The van der Waals surface area contributed by atoms with Gasteiger partial charge in [0.1, 0.15) is 18.1 Å². The van der Waals surface area contributed by atoms with Gasteiger partial charge in [0.2, 0.25) is 0 Å². The summed E-state index contributed by atoms with van der Waals surface area (Å²) in [5.41, 5.74) is 4.33. The maximum atomic E-state index is 12.8. The molecule has 1 fully saturated rings. The first-order valence-electron chi connectivity index (χ1n) is 16.3. The zero-order chi connectivity index (χ0) is 34.2. The van der Waals surface area contributed by atoms with Crippen LogP contribution in [0, 0.1) is 23.7 Å². The average Bonchev–Trinajstić information content (AvgIpc) is 3.20. The summed E-state index contributed by atoms with van der Waals surface area (Å²) in [7, 11) is 0. The van der Waals surface area contributed by atoms with Gasteiger partial charge in [-0.15, -0.1) is 19.1 Å². The van der Waals surface area contributed by atoms with E-state index in [1.807, 2.05) is 38.7 Å². The van der Waals surface area contributed by atoms with Crippen LogP contribution in [0.15, 0.2) is 77.4 Å². The summed E-state index contributed by atoms with van der Waals surface area (Å²) in [4.78, 5) is 21.8. The normalized spacial score (nSPS) is 17.0. The van der Waals surface area contributed by atoms with E-state index in [0.717, 1.165) is 49.6 Å². The minimum Gasteiger partial charge on any atom is -0.497 e. The summed E-state index contributed by atoms with van der Waals surface area (Å²) in [6, 6.07) is 0. The molecule has 1 amide bonds. The van der Waals surface area contributed by atoms with Gasteiger partial charge in [-0.2, -0.15) is 0 Å². The van der Waals surface area contributed by atoms with E-state index in [1.54, 1.807) is 0 Å². The average molecular weight is 624 g/mol. The second-order valence-corrected chi connectivity index (χ2v) is 11.1. The van der Waals surface area contributed by atoms with Gasteiger partial charge >= 0.3 is 0 Å². The fourth-order valence-corrected chi connectivity index (χ4v) is 4.77. The highest BCUT2D eigenvalue weighted by molar-refractivity contribution is 5.93. The van der Waals surface area contributed by atoms with E-state index in [0.29, 0.717) is 38.7 Å². The van der Waals surface area contributed by atoms with Crippen molar-refractivity contribution in [2.24, 2.45) is 16.8 Å². The largest absolute Gasteiger partial charge is 0.497 e. The molecule has 0 aromatic carbocycles. The zero-order valence-corrected chi connectivity index (χ0v) is 29.8. The molecule has 1 rings (SSSR count). The van der Waals surface area contributed by atoms with Crippen LogP contribution >= 0.6 is 0 Å². The number of amides is 1. The van der Waals surface area contributed by atoms with E-state index in [1.165, 1.54) is 11.1 Å². The molecule has 7 heteroatoms. The molecule has 7 nitrogen and oxygen atoms in total. The summed E-state index contributed by atoms with van der Waals surface area (Å²) in [5.74, 6) is 7.98. The predicted molar refractivity (Wildman–Crippen MR) is 191 cm³/mol. The highest BCUT2D eigenvalue weighted by Gasteiger charge is 2.26. The number of aliphatic imine (C=N–C) groups is 1. The molecule has 2 atom stereocenters. The van der Waals surface area contributed by atoms with Crippen molar-refractivity contribution >= 4 is 11.6 Å². The predicted octanol–water partition coefficient (Wildman–Crippen LogP) is 7.75. The number of hydrogen-bond donors (Lipinski definition) is 0. The molecule has 0 bridgehead atoms. The molecule has 0 aromatic heterocycles. The van der Waals surface area contributed by atoms with Gasteiger partial charge in [-0.3, -0.25) is 14.7 Å². The zero-order valence-electron chi connectivity index (χ0n) is 29.8. The van der Waals surface area contributed by atoms with E-state index >= 15 is 0 Å². The number of carbonyl (C=O) groups excluding carboxylic acids is 1. The van der Waals surface area contributed by atoms with E-state index in [-0.39, 0.29) is 24.3 Å². The third-order valence-corrected chi connectivity index (χ3v) is 6.99. The standard InChI is InChI=1S/C36H57N3O4.C2H4/c1-11-16-33(35(43-15-5)22-30(9)37-23-31(10)42-14-4)21-29(8)24-38(13-3)20-19-32-25-39(36(40)27-41-26-32)34(12-2)18-17-28(6)7;1-2/h17-18,21-22,32-33H,10,12-15,19-20,23-27H2,1-9H3;1-2H2/b29-21+,34-18+,35-22+,37-30?;. The molecule has 0 spiro atoms. The van der Waals surface area contributed by atoms with Gasteiger partial charge < -0.3 is 19.1 Å². The third-order valence-electron chi connectivity index (χ3n) is 6.99. The minimum absolute atomic E-state index is 0.0459. The molecule has 252 valence electrons. The van der Waals surface area contributed by atoms with E-state index in [9.17, 15) is 4.79 Å². The molecule has 0 saturated carbocycles. The fraction of sp³-hybridized carbons (Fsp3) is 0.579. The lowest BCUT2D eigenvalue weighted by Crippen LogP contribution is -2.35. The molecule has 2 unspecified atom stereocenters. The molecule has 1 heterocycles. The molecule has 0 aliphatic carbocycles. The second kappa shape index (κ2) is 24.9. The quantitative estimate of drug-likeness (QED) is 0.0514. The van der Waals surface area contributed by atoms with Crippen molar-refractivity contribution < 1.29 is 19.0 Å². The molecule has 45 heavy (non-hydrogen) atoms. The van der Waals surface area contributed by atoms with Crippen LogP contribution in [0.3, 0.4) is 0 Å². The van der Waals surface area contributed by atoms with Gasteiger partial charge in [0.15, 0.2) is 0 Å². The summed E-state index contributed by atoms with van der Waals surface area (Å²) >= 11 is 0. The van der Waals surface area contributed by atoms with Crippen molar-refractivity contribution in [2.45, 2.75) is 75.2 Å². The Labute approximate surface area is 275 Å². The maximum absolute atomic E-state index is 12.8. The number of allylic oxidation sites excluding steroid dienone is 6. The van der Waals surface area contributed by atoms with Gasteiger partial charge in [0.25, 0.3) is 5.91 Å². The van der Waals surface area contributed by atoms with Crippen LogP contribution in [0.2, 0.25) is 0 Å². The number of likely N-dealkylation sites (N-methyl/N-ethyl adjacent to an activating group) is 1. The van der Waals surface area contributed by atoms with Gasteiger partial charge in [-0.05, 0) is 86.5 Å². The summed E-state index contributed by atoms with van der Waals surface area (Å²) in [6.45, 7) is 33.9. The van der Waals surface area contributed by atoms with Crippen LogP contribution in [0.1, 0.15) is 75.2 Å². The van der Waals surface area contributed by atoms with E-state index < -0.39 is 0 Å². The van der Waals surface area contributed by atoms with Crippen molar-refractivity contribution in [2.75, 3.05) is 59.2 Å². The first-order chi connectivity index (χ1) is 21.6. The van der Waals surface area contributed by atoms with Gasteiger partial charge in [-0.1, -0.05) is 49.6 Å². The smallest absolute Gasteiger partial charge is 0.252 e. The highest BCUT2D eigenvalue weighted by Crippen LogP contribution is 2.21. The van der Waals surface area contributed by atoms with Crippen LogP contribution in [-0.2, 0) is 19.0 Å². The minimum atomic E-state index is -0.168. The Morgan fingerprint density at radius 3 is 2.40 bits per heavy atom. The molecule has 1 aliphatic rings. The maximum Gasteiger partial charge on any atom is 0.252 e. The van der Waals surface area contributed by atoms with Gasteiger partial charge in [0, 0.05) is 30.4 Å². The SMILES string of the molecule is C=C.C=C(CN=C(C)/C=C(/OCC)C(C#CC)/C=C(\C)CN(CC)CCC1COCC(=O)N(/C(=C/C=C(C)C)CC)C1)OCC. The molecule has 1 aliphatic heterocycles. The second-order valence-electron chi connectivity index (χ2n) is 11.1. The first kappa shape index (κ1) is 41.7. The van der Waals surface area contributed by atoms with Crippen molar-refractivity contribution in [1.82, 2.24) is 9.80 Å². The Balaban J connectivity index is 0.00000947. The van der Waals surface area contributed by atoms with Crippen molar-refractivity contribution in [3.63, 3.8) is 0 Å². The molecule has 1 saturated heterocycles. The monoisotopic (exact) mass is 623 g/mol. The Morgan fingerprint density at radius 2 is 1.82 bits per heavy atom. The van der Waals surface area contributed by atoms with Crippen molar-refractivity contribution in [3.8, 4) is 11.8 Å². The summed E-state index contributed by atoms with van der Waals surface area (Å²) in [6.07, 6.45) is 10.1. The lowest BCUT2D eigenvalue weighted by molar-refractivity contribution is -0.132. The Morgan fingerprint density at radius 1 is 1.13 bits per heavy atom. The molecule has 0 aromatic rings. The van der Waals surface area contributed by atoms with Crippen LogP contribution in [0.4, 0.5) is 0 Å². The van der Waals surface area contributed by atoms with Crippen LogP contribution in [0.25, 0.3) is 0 Å². The Kier molecular flexibility index (Phi) is 23.1. The summed E-state index contributed by atoms with van der Waals surface area (Å²) < 4.78 is 17.3. The van der Waals surface area contributed by atoms with E-state index in [4.69, 9.17) is 14.2 Å². The lowest BCUT2D eigenvalue weighted by atomic mass is 10.0. The Bertz CT molecular complexity index is 1120. The van der Waals surface area contributed by atoms with Gasteiger partial charge in [0.05, 0.1) is 32.3 Å². The molecule has 0 radical (unpaired) electrons. The fourth-order valence-electron chi connectivity index (χ4n) is 4.77. The molecular weight excluding hydrogens is 562 g/mol. The third kappa shape index (κ3) is 17.7. The lowest BCUT2D eigenvalue weighted by Gasteiger charge is -2.28. The van der Waals surface area contributed by atoms with Crippen LogP contribution < -0.4 is 0 Å². The number of nitrogens with zero attached hydrogens (tertiary/aromatic N) is 3. The Hall–Kier alpha value is -3.34. The summed E-state index contributed by atoms with van der Waals surface area (Å²) in [5, 5.41) is 0. The number of hydrogen-bond acceptors (Lipinski definition) is 6. The van der Waals surface area contributed by atoms with Crippen LogP contribution in [-0.4, -0.2) is 80.6 Å². The highest BCUT2D eigenvalue weighted by atomic mass is 16.5. The number of rotatable bonds is 18. The number of carbonyl (C=O) groups is 1. The molecular formula is C38H61N3O4. The number of ether oxygens (including phenoxy) is 3.